The van der Waals surface area contributed by atoms with E-state index in [1.807, 2.05) is 22.6 Å². The van der Waals surface area contributed by atoms with Gasteiger partial charge in [0, 0.05) is 15.3 Å². The first-order valence-electron chi connectivity index (χ1n) is 3.81. The Morgan fingerprint density at radius 2 is 2.13 bits per heavy atom. The maximum atomic E-state index is 12.0. The van der Waals surface area contributed by atoms with E-state index in [4.69, 9.17) is 11.6 Å². The molecular weight excluding hydrogens is 345 g/mol. The highest BCUT2D eigenvalue weighted by Crippen LogP contribution is 2.29. The number of halogens is 5. The standard InChI is InChI=1S/C8H6ClF3INO/c1-4-5(2-9)7(14-3-6(4)13)15-8(10,11)12/h3H,2H2,1H3. The zero-order valence-electron chi connectivity index (χ0n) is 7.53. The first kappa shape index (κ1) is 12.8. The Morgan fingerprint density at radius 3 is 2.60 bits per heavy atom. The largest absolute Gasteiger partial charge is 0.574 e. The van der Waals surface area contributed by atoms with Gasteiger partial charge in [-0.15, -0.1) is 24.8 Å². The van der Waals surface area contributed by atoms with E-state index in [9.17, 15) is 13.2 Å². The maximum absolute atomic E-state index is 12.0. The van der Waals surface area contributed by atoms with Crippen LogP contribution in [0.1, 0.15) is 11.1 Å². The van der Waals surface area contributed by atoms with Gasteiger partial charge in [-0.3, -0.25) is 0 Å². The van der Waals surface area contributed by atoms with E-state index in [1.54, 1.807) is 6.92 Å². The minimum absolute atomic E-state index is 0.0684. The van der Waals surface area contributed by atoms with Crippen LogP contribution in [-0.4, -0.2) is 11.3 Å². The van der Waals surface area contributed by atoms with Crippen molar-refractivity contribution in [2.45, 2.75) is 19.2 Å². The molecule has 1 heterocycles. The molecule has 0 aliphatic carbocycles. The molecule has 1 aromatic heterocycles. The second-order valence-electron chi connectivity index (χ2n) is 2.70. The van der Waals surface area contributed by atoms with E-state index in [0.717, 1.165) is 3.57 Å². The fourth-order valence-corrected chi connectivity index (χ4v) is 1.73. The van der Waals surface area contributed by atoms with Gasteiger partial charge in [0.15, 0.2) is 0 Å². The van der Waals surface area contributed by atoms with Crippen molar-refractivity contribution in [1.29, 1.82) is 0 Å². The summed E-state index contributed by atoms with van der Waals surface area (Å²) < 4.78 is 40.5. The van der Waals surface area contributed by atoms with Crippen molar-refractivity contribution in [3.05, 3.63) is 20.9 Å². The molecule has 0 unspecified atom stereocenters. The van der Waals surface area contributed by atoms with Crippen molar-refractivity contribution in [3.8, 4) is 5.88 Å². The Balaban J connectivity index is 3.14. The molecule has 1 rings (SSSR count). The minimum Gasteiger partial charge on any atom is -0.388 e. The van der Waals surface area contributed by atoms with Crippen LogP contribution in [0.2, 0.25) is 0 Å². The van der Waals surface area contributed by atoms with Gasteiger partial charge in [0.25, 0.3) is 0 Å². The summed E-state index contributed by atoms with van der Waals surface area (Å²) in [5.41, 5.74) is 0.917. The Morgan fingerprint density at radius 1 is 1.53 bits per heavy atom. The number of alkyl halides is 4. The molecule has 0 saturated carbocycles. The predicted octanol–water partition coefficient (Wildman–Crippen LogP) is 3.63. The van der Waals surface area contributed by atoms with Crippen LogP contribution in [0.15, 0.2) is 6.20 Å². The summed E-state index contributed by atoms with van der Waals surface area (Å²) >= 11 is 7.52. The smallest absolute Gasteiger partial charge is 0.388 e. The van der Waals surface area contributed by atoms with Crippen LogP contribution >= 0.6 is 34.2 Å². The monoisotopic (exact) mass is 351 g/mol. The van der Waals surface area contributed by atoms with Crippen molar-refractivity contribution in [3.63, 3.8) is 0 Å². The molecular formula is C8H6ClF3INO. The summed E-state index contributed by atoms with van der Waals surface area (Å²) in [6, 6.07) is 0. The normalized spacial score (nSPS) is 11.6. The first-order valence-corrected chi connectivity index (χ1v) is 5.42. The molecule has 84 valence electrons. The van der Waals surface area contributed by atoms with Crippen LogP contribution in [0.4, 0.5) is 13.2 Å². The van der Waals surface area contributed by atoms with E-state index in [2.05, 4.69) is 9.72 Å². The second kappa shape index (κ2) is 4.73. The van der Waals surface area contributed by atoms with Gasteiger partial charge in [-0.1, -0.05) is 0 Å². The Hall–Kier alpha value is -0.240. The number of ether oxygens (including phenoxy) is 1. The third kappa shape index (κ3) is 3.37. The van der Waals surface area contributed by atoms with Crippen LogP contribution < -0.4 is 4.74 Å². The van der Waals surface area contributed by atoms with Crippen molar-refractivity contribution in [2.75, 3.05) is 0 Å². The van der Waals surface area contributed by atoms with Crippen LogP contribution in [0.25, 0.3) is 0 Å². The van der Waals surface area contributed by atoms with Gasteiger partial charge < -0.3 is 4.74 Å². The summed E-state index contributed by atoms with van der Waals surface area (Å²) in [6.07, 6.45) is -3.43. The van der Waals surface area contributed by atoms with Crippen LogP contribution in [0, 0.1) is 10.5 Å². The average Bonchev–Trinajstić information content (AvgIpc) is 2.10. The van der Waals surface area contributed by atoms with Crippen LogP contribution in [-0.2, 0) is 5.88 Å². The van der Waals surface area contributed by atoms with Gasteiger partial charge in [-0.05, 0) is 35.1 Å². The Labute approximate surface area is 103 Å². The number of rotatable bonds is 2. The fraction of sp³-hybridized carbons (Fsp3) is 0.375. The molecule has 0 fully saturated rings. The minimum atomic E-state index is -4.74. The molecule has 0 bridgehead atoms. The molecule has 15 heavy (non-hydrogen) atoms. The van der Waals surface area contributed by atoms with Gasteiger partial charge in [0.1, 0.15) is 0 Å². The molecule has 0 aliphatic heterocycles. The quantitative estimate of drug-likeness (QED) is 0.600. The summed E-state index contributed by atoms with van der Waals surface area (Å²) in [5, 5.41) is 0. The van der Waals surface area contributed by atoms with E-state index in [-0.39, 0.29) is 11.4 Å². The molecule has 0 N–H and O–H groups in total. The van der Waals surface area contributed by atoms with Crippen molar-refractivity contribution in [1.82, 2.24) is 4.98 Å². The van der Waals surface area contributed by atoms with Gasteiger partial charge in [0.2, 0.25) is 5.88 Å². The highest BCUT2D eigenvalue weighted by molar-refractivity contribution is 14.1. The lowest BCUT2D eigenvalue weighted by Gasteiger charge is -2.13. The average molecular weight is 351 g/mol. The summed E-state index contributed by atoms with van der Waals surface area (Å²) in [6.45, 7) is 1.67. The molecule has 0 atom stereocenters. The van der Waals surface area contributed by atoms with E-state index < -0.39 is 12.2 Å². The van der Waals surface area contributed by atoms with Gasteiger partial charge in [0.05, 0.1) is 5.88 Å². The van der Waals surface area contributed by atoms with Crippen molar-refractivity contribution in [2.24, 2.45) is 0 Å². The van der Waals surface area contributed by atoms with Gasteiger partial charge in [-0.2, -0.15) is 0 Å². The van der Waals surface area contributed by atoms with Crippen molar-refractivity contribution < 1.29 is 17.9 Å². The lowest BCUT2D eigenvalue weighted by atomic mass is 10.2. The second-order valence-corrected chi connectivity index (χ2v) is 4.13. The summed E-state index contributed by atoms with van der Waals surface area (Å²) in [4.78, 5) is 3.56. The predicted molar refractivity (Wildman–Crippen MR) is 57.9 cm³/mol. The zero-order chi connectivity index (χ0) is 11.6. The number of nitrogens with zero attached hydrogens (tertiary/aromatic N) is 1. The number of aromatic nitrogens is 1. The summed E-state index contributed by atoms with van der Waals surface area (Å²) in [5.74, 6) is -0.545. The van der Waals surface area contributed by atoms with E-state index >= 15 is 0 Å². The maximum Gasteiger partial charge on any atom is 0.574 e. The van der Waals surface area contributed by atoms with Gasteiger partial charge >= 0.3 is 6.36 Å². The highest BCUT2D eigenvalue weighted by Gasteiger charge is 2.33. The Bertz CT molecular complexity index is 370. The van der Waals surface area contributed by atoms with Crippen LogP contribution in [0.5, 0.6) is 5.88 Å². The molecule has 1 aromatic rings. The third-order valence-corrected chi connectivity index (χ3v) is 3.07. The first-order chi connectivity index (χ1) is 6.85. The SMILES string of the molecule is Cc1c(I)cnc(OC(F)(F)F)c1CCl. The fourth-order valence-electron chi connectivity index (χ4n) is 0.950. The molecule has 0 aromatic carbocycles. The van der Waals surface area contributed by atoms with Crippen LogP contribution in [0.3, 0.4) is 0 Å². The third-order valence-electron chi connectivity index (χ3n) is 1.71. The molecule has 0 aliphatic rings. The molecule has 7 heteroatoms. The van der Waals surface area contributed by atoms with Crippen molar-refractivity contribution >= 4 is 34.2 Å². The lowest BCUT2D eigenvalue weighted by Crippen LogP contribution is -2.19. The summed E-state index contributed by atoms with van der Waals surface area (Å²) in [7, 11) is 0. The molecule has 0 amide bonds. The molecule has 2 nitrogen and oxygen atoms in total. The highest BCUT2D eigenvalue weighted by atomic mass is 127. The molecule has 0 saturated heterocycles. The molecule has 0 radical (unpaired) electrons. The topological polar surface area (TPSA) is 22.1 Å². The zero-order valence-corrected chi connectivity index (χ0v) is 10.4. The van der Waals surface area contributed by atoms with Gasteiger partial charge in [-0.25, -0.2) is 4.98 Å². The molecule has 0 spiro atoms. The number of pyridine rings is 1. The van der Waals surface area contributed by atoms with E-state index in [0.29, 0.717) is 5.56 Å². The lowest BCUT2D eigenvalue weighted by molar-refractivity contribution is -0.276. The number of hydrogen-bond acceptors (Lipinski definition) is 2. The van der Waals surface area contributed by atoms with E-state index in [1.165, 1.54) is 6.20 Å². The Kier molecular flexibility index (Phi) is 4.05. The number of hydrogen-bond donors (Lipinski definition) is 0.